The number of rotatable bonds is 2. The van der Waals surface area contributed by atoms with Crippen molar-refractivity contribution in [2.45, 2.75) is 20.0 Å². The second kappa shape index (κ2) is 4.12. The minimum Gasteiger partial charge on any atom is -0.162 e. The highest BCUT2D eigenvalue weighted by atomic mass is 35.6. The van der Waals surface area contributed by atoms with Gasteiger partial charge >= 0.3 is 0 Å². The minimum absolute atomic E-state index is 1.24. The molecule has 0 aromatic heterocycles. The highest BCUT2D eigenvalue weighted by molar-refractivity contribution is 7.26. The van der Waals surface area contributed by atoms with Crippen LogP contribution in [0.15, 0.2) is 30.3 Å². The van der Waals surface area contributed by atoms with Gasteiger partial charge < -0.3 is 0 Å². The smallest absolute Gasteiger partial charge is 0.162 e. The van der Waals surface area contributed by atoms with Crippen molar-refractivity contribution in [2.75, 3.05) is 0 Å². The van der Waals surface area contributed by atoms with Crippen LogP contribution in [0.25, 0.3) is 6.08 Å². The van der Waals surface area contributed by atoms with Crippen molar-refractivity contribution < 1.29 is 0 Å². The predicted molar refractivity (Wildman–Crippen MR) is 64.1 cm³/mol. The van der Waals surface area contributed by atoms with E-state index in [2.05, 4.69) is 43.4 Å². The molecular weight excluding hydrogens is 196 g/mol. The van der Waals surface area contributed by atoms with Crippen LogP contribution in [-0.2, 0) is 0 Å². The Labute approximate surface area is 86.0 Å². The Morgan fingerprint density at radius 3 is 2.08 bits per heavy atom. The van der Waals surface area contributed by atoms with E-state index in [-0.39, 0.29) is 0 Å². The van der Waals surface area contributed by atoms with E-state index in [1.54, 1.807) is 0 Å². The maximum Gasteiger partial charge on any atom is 0.180 e. The van der Waals surface area contributed by atoms with Gasteiger partial charge in [-0.1, -0.05) is 49.5 Å². The quantitative estimate of drug-likeness (QED) is 0.519. The molecule has 0 aliphatic heterocycles. The van der Waals surface area contributed by atoms with Crippen LogP contribution < -0.4 is 5.19 Å². The fourth-order valence-corrected chi connectivity index (χ4v) is 2.52. The highest BCUT2D eigenvalue weighted by Gasteiger charge is 2.19. The van der Waals surface area contributed by atoms with Crippen LogP contribution in [0.5, 0.6) is 0 Å². The SMILES string of the molecule is CC=Cc1ccc([Si](C)(C)Cl)cc1. The number of allylic oxidation sites excluding steroid dienone is 1. The van der Waals surface area contributed by atoms with Gasteiger partial charge in [0.05, 0.1) is 0 Å². The third kappa shape index (κ3) is 3.01. The molecule has 0 saturated carbocycles. The van der Waals surface area contributed by atoms with Gasteiger partial charge in [0.25, 0.3) is 0 Å². The number of halogens is 1. The molecule has 1 aromatic carbocycles. The number of hydrogen-bond donors (Lipinski definition) is 0. The van der Waals surface area contributed by atoms with Gasteiger partial charge in [0, 0.05) is 0 Å². The summed E-state index contributed by atoms with van der Waals surface area (Å²) in [6.07, 6.45) is 4.13. The lowest BCUT2D eigenvalue weighted by Crippen LogP contribution is -2.34. The second-order valence-corrected chi connectivity index (χ2v) is 9.95. The van der Waals surface area contributed by atoms with Crippen molar-refractivity contribution in [3.63, 3.8) is 0 Å². The van der Waals surface area contributed by atoms with E-state index in [1.165, 1.54) is 10.8 Å². The van der Waals surface area contributed by atoms with Gasteiger partial charge in [0.15, 0.2) is 7.38 Å². The Morgan fingerprint density at radius 1 is 1.15 bits per heavy atom. The first kappa shape index (κ1) is 10.5. The van der Waals surface area contributed by atoms with E-state index < -0.39 is 7.38 Å². The molecule has 0 nitrogen and oxygen atoms in total. The van der Waals surface area contributed by atoms with Crippen molar-refractivity contribution in [1.29, 1.82) is 0 Å². The maximum atomic E-state index is 6.31. The normalized spacial score (nSPS) is 12.3. The molecule has 70 valence electrons. The molecule has 1 rings (SSSR count). The summed E-state index contributed by atoms with van der Waals surface area (Å²) < 4.78 is 0. The lowest BCUT2D eigenvalue weighted by molar-refractivity contribution is 1.66. The largest absolute Gasteiger partial charge is 0.180 e. The van der Waals surface area contributed by atoms with Gasteiger partial charge in [0.2, 0.25) is 0 Å². The fraction of sp³-hybridized carbons (Fsp3) is 0.273. The lowest BCUT2D eigenvalue weighted by atomic mass is 10.2. The Balaban J connectivity index is 2.94. The van der Waals surface area contributed by atoms with Crippen molar-refractivity contribution in [3.05, 3.63) is 35.9 Å². The van der Waals surface area contributed by atoms with Crippen LogP contribution in [0.4, 0.5) is 0 Å². The summed E-state index contributed by atoms with van der Waals surface area (Å²) in [7, 11) is -1.63. The molecular formula is C11H15ClSi. The predicted octanol–water partition coefficient (Wildman–Crippen LogP) is 3.37. The van der Waals surface area contributed by atoms with E-state index in [0.717, 1.165) is 0 Å². The van der Waals surface area contributed by atoms with Crippen molar-refractivity contribution >= 4 is 29.7 Å². The summed E-state index contributed by atoms with van der Waals surface area (Å²) in [4.78, 5) is 0. The molecule has 0 fully saturated rings. The summed E-state index contributed by atoms with van der Waals surface area (Å²) >= 11 is 6.31. The van der Waals surface area contributed by atoms with E-state index >= 15 is 0 Å². The van der Waals surface area contributed by atoms with Crippen LogP contribution >= 0.6 is 11.1 Å². The monoisotopic (exact) mass is 210 g/mol. The Kier molecular flexibility index (Phi) is 3.34. The molecule has 1 aromatic rings. The zero-order chi connectivity index (χ0) is 9.90. The molecule has 0 unspecified atom stereocenters. The second-order valence-electron chi connectivity index (χ2n) is 3.59. The molecule has 2 heteroatoms. The topological polar surface area (TPSA) is 0 Å². The first-order valence-corrected chi connectivity index (χ1v) is 8.47. The van der Waals surface area contributed by atoms with E-state index in [4.69, 9.17) is 11.1 Å². The number of benzene rings is 1. The molecule has 13 heavy (non-hydrogen) atoms. The standard InChI is InChI=1S/C11H15ClSi/c1-4-5-10-6-8-11(9-7-10)13(2,3)12/h4-9H,1-3H3. The van der Waals surface area contributed by atoms with Crippen molar-refractivity contribution in [1.82, 2.24) is 0 Å². The summed E-state index contributed by atoms with van der Waals surface area (Å²) in [5, 5.41) is 1.29. The van der Waals surface area contributed by atoms with Crippen LogP contribution in [0.2, 0.25) is 13.1 Å². The van der Waals surface area contributed by atoms with Crippen molar-refractivity contribution in [3.8, 4) is 0 Å². The number of hydrogen-bond acceptors (Lipinski definition) is 0. The first-order chi connectivity index (χ1) is 6.04. The molecule has 0 saturated heterocycles. The average Bonchev–Trinajstić information content (AvgIpc) is 2.04. The zero-order valence-electron chi connectivity index (χ0n) is 8.34. The molecule has 0 atom stereocenters. The molecule has 0 N–H and O–H groups in total. The minimum atomic E-state index is -1.63. The molecule has 0 amide bonds. The van der Waals surface area contributed by atoms with E-state index in [0.29, 0.717) is 0 Å². The molecule has 0 bridgehead atoms. The molecule has 0 aliphatic carbocycles. The third-order valence-corrected chi connectivity index (χ3v) is 4.32. The third-order valence-electron chi connectivity index (χ3n) is 1.96. The van der Waals surface area contributed by atoms with Crippen LogP contribution in [0.3, 0.4) is 0 Å². The van der Waals surface area contributed by atoms with Gasteiger partial charge in [-0.25, -0.2) is 0 Å². The maximum absolute atomic E-state index is 6.31. The lowest BCUT2D eigenvalue weighted by Gasteiger charge is -2.12. The molecule has 0 spiro atoms. The Bertz CT molecular complexity index is 293. The van der Waals surface area contributed by atoms with Gasteiger partial charge in [-0.2, -0.15) is 11.1 Å². The average molecular weight is 211 g/mol. The fourth-order valence-electron chi connectivity index (χ4n) is 1.18. The summed E-state index contributed by atoms with van der Waals surface area (Å²) in [5.41, 5.74) is 1.24. The molecule has 0 aliphatic rings. The van der Waals surface area contributed by atoms with Gasteiger partial charge in [-0.05, 0) is 17.7 Å². The first-order valence-electron chi connectivity index (χ1n) is 4.46. The summed E-state index contributed by atoms with van der Waals surface area (Å²) in [6.45, 7) is 6.30. The van der Waals surface area contributed by atoms with Crippen LogP contribution in [-0.4, -0.2) is 7.38 Å². The summed E-state index contributed by atoms with van der Waals surface area (Å²) in [5.74, 6) is 0. The van der Waals surface area contributed by atoms with Gasteiger partial charge in [-0.15, -0.1) is 0 Å². The Morgan fingerprint density at radius 2 is 1.69 bits per heavy atom. The van der Waals surface area contributed by atoms with Crippen LogP contribution in [0, 0.1) is 0 Å². The Hall–Kier alpha value is -0.533. The van der Waals surface area contributed by atoms with E-state index in [9.17, 15) is 0 Å². The molecule has 0 radical (unpaired) electrons. The summed E-state index contributed by atoms with van der Waals surface area (Å²) in [6, 6.07) is 8.50. The zero-order valence-corrected chi connectivity index (χ0v) is 10.1. The molecule has 0 heterocycles. The highest BCUT2D eigenvalue weighted by Crippen LogP contribution is 2.09. The van der Waals surface area contributed by atoms with Crippen LogP contribution in [0.1, 0.15) is 12.5 Å². The van der Waals surface area contributed by atoms with Crippen molar-refractivity contribution in [2.24, 2.45) is 0 Å². The van der Waals surface area contributed by atoms with E-state index in [1.807, 2.05) is 13.0 Å². The van der Waals surface area contributed by atoms with Gasteiger partial charge in [0.1, 0.15) is 0 Å². The van der Waals surface area contributed by atoms with Gasteiger partial charge in [-0.3, -0.25) is 0 Å².